The SMILES string of the molecule is CCC(C(=O)NC(C)c1ccccc1OC)N(c1cccc(Cl)c1)S(C)(=O)=O. The molecule has 1 amide bonds. The van der Waals surface area contributed by atoms with Gasteiger partial charge in [-0.3, -0.25) is 9.10 Å². The third kappa shape index (κ3) is 5.17. The third-order valence-corrected chi connectivity index (χ3v) is 5.77. The van der Waals surface area contributed by atoms with Crippen LogP contribution in [-0.4, -0.2) is 33.7 Å². The molecule has 0 aliphatic carbocycles. The van der Waals surface area contributed by atoms with Crippen molar-refractivity contribution in [3.63, 3.8) is 0 Å². The standard InChI is InChI=1S/C20H25ClN2O4S/c1-5-18(23(28(4,25)26)16-10-8-9-15(21)13-16)20(24)22-14(2)17-11-6-7-12-19(17)27-3/h6-14,18H,5H2,1-4H3,(H,22,24). The van der Waals surface area contributed by atoms with Crippen LogP contribution in [0.25, 0.3) is 0 Å². The lowest BCUT2D eigenvalue weighted by atomic mass is 10.1. The number of methoxy groups -OCH3 is 1. The van der Waals surface area contributed by atoms with Crippen LogP contribution in [0.3, 0.4) is 0 Å². The molecule has 0 saturated carbocycles. The number of halogens is 1. The minimum absolute atomic E-state index is 0.296. The van der Waals surface area contributed by atoms with Crippen molar-refractivity contribution in [2.24, 2.45) is 0 Å². The Morgan fingerprint density at radius 3 is 2.46 bits per heavy atom. The predicted octanol–water partition coefficient (Wildman–Crippen LogP) is 3.77. The number of hydrogen-bond donors (Lipinski definition) is 1. The maximum Gasteiger partial charge on any atom is 0.244 e. The van der Waals surface area contributed by atoms with Gasteiger partial charge in [0, 0.05) is 10.6 Å². The summed E-state index contributed by atoms with van der Waals surface area (Å²) < 4.78 is 31.4. The van der Waals surface area contributed by atoms with Gasteiger partial charge < -0.3 is 10.1 Å². The van der Waals surface area contributed by atoms with E-state index in [2.05, 4.69) is 5.32 Å². The first kappa shape index (κ1) is 22.0. The average Bonchev–Trinajstić information content (AvgIpc) is 2.64. The number of hydrogen-bond acceptors (Lipinski definition) is 4. The van der Waals surface area contributed by atoms with Gasteiger partial charge in [-0.15, -0.1) is 0 Å². The zero-order valence-electron chi connectivity index (χ0n) is 16.3. The number of sulfonamides is 1. The van der Waals surface area contributed by atoms with E-state index in [1.165, 1.54) is 6.07 Å². The minimum atomic E-state index is -3.72. The number of amides is 1. The highest BCUT2D eigenvalue weighted by atomic mass is 35.5. The first-order valence-corrected chi connectivity index (χ1v) is 11.1. The Kier molecular flexibility index (Phi) is 7.32. The third-order valence-electron chi connectivity index (χ3n) is 4.36. The Labute approximate surface area is 171 Å². The van der Waals surface area contributed by atoms with Crippen molar-refractivity contribution in [3.8, 4) is 5.75 Å². The molecule has 0 bridgehead atoms. The first-order valence-electron chi connectivity index (χ1n) is 8.87. The fourth-order valence-corrected chi connectivity index (χ4v) is 4.47. The van der Waals surface area contributed by atoms with E-state index in [1.54, 1.807) is 32.2 Å². The van der Waals surface area contributed by atoms with Gasteiger partial charge in [-0.1, -0.05) is 42.8 Å². The highest BCUT2D eigenvalue weighted by Crippen LogP contribution is 2.27. The fraction of sp³-hybridized carbons (Fsp3) is 0.350. The molecule has 0 fully saturated rings. The molecule has 0 aliphatic heterocycles. The summed E-state index contributed by atoms with van der Waals surface area (Å²) in [6.07, 6.45) is 1.37. The number of carbonyl (C=O) groups is 1. The molecule has 0 aliphatic rings. The van der Waals surface area contributed by atoms with Crippen molar-refractivity contribution in [1.82, 2.24) is 5.32 Å². The molecule has 28 heavy (non-hydrogen) atoms. The highest BCUT2D eigenvalue weighted by molar-refractivity contribution is 7.92. The number of rotatable bonds is 8. The Bertz CT molecular complexity index is 933. The van der Waals surface area contributed by atoms with Crippen molar-refractivity contribution in [1.29, 1.82) is 0 Å². The van der Waals surface area contributed by atoms with Crippen LogP contribution >= 0.6 is 11.6 Å². The molecule has 0 spiro atoms. The molecule has 2 aromatic carbocycles. The number of para-hydroxylation sites is 1. The van der Waals surface area contributed by atoms with Gasteiger partial charge in [0.25, 0.3) is 0 Å². The molecule has 1 N–H and O–H groups in total. The molecule has 2 atom stereocenters. The van der Waals surface area contributed by atoms with Crippen molar-refractivity contribution in [2.75, 3.05) is 17.7 Å². The van der Waals surface area contributed by atoms with Gasteiger partial charge in [0.15, 0.2) is 0 Å². The lowest BCUT2D eigenvalue weighted by Crippen LogP contribution is -2.49. The van der Waals surface area contributed by atoms with Crippen LogP contribution < -0.4 is 14.4 Å². The van der Waals surface area contributed by atoms with E-state index in [1.807, 2.05) is 31.2 Å². The van der Waals surface area contributed by atoms with Crippen LogP contribution in [0.5, 0.6) is 5.75 Å². The second kappa shape index (κ2) is 9.30. The number of ether oxygens (including phenoxy) is 1. The predicted molar refractivity (Wildman–Crippen MR) is 112 cm³/mol. The average molecular weight is 425 g/mol. The molecule has 2 rings (SSSR count). The van der Waals surface area contributed by atoms with Crippen LogP contribution in [0.2, 0.25) is 5.02 Å². The van der Waals surface area contributed by atoms with Gasteiger partial charge in [0.05, 0.1) is 25.1 Å². The summed E-state index contributed by atoms with van der Waals surface area (Å²) in [5.41, 5.74) is 1.16. The number of nitrogens with one attached hydrogen (secondary N) is 1. The van der Waals surface area contributed by atoms with Crippen LogP contribution in [0, 0.1) is 0 Å². The Hall–Kier alpha value is -2.25. The van der Waals surface area contributed by atoms with E-state index in [0.29, 0.717) is 22.9 Å². The maximum atomic E-state index is 13.0. The molecule has 2 aromatic rings. The molecule has 8 heteroatoms. The fourth-order valence-electron chi connectivity index (χ4n) is 3.08. The minimum Gasteiger partial charge on any atom is -0.496 e. The molecule has 0 saturated heterocycles. The van der Waals surface area contributed by atoms with Crippen molar-refractivity contribution in [3.05, 3.63) is 59.1 Å². The summed E-state index contributed by atoms with van der Waals surface area (Å²) in [5, 5.41) is 3.29. The Balaban J connectivity index is 2.34. The summed E-state index contributed by atoms with van der Waals surface area (Å²) >= 11 is 6.03. The lowest BCUT2D eigenvalue weighted by molar-refractivity contribution is -0.122. The molecule has 6 nitrogen and oxygen atoms in total. The summed E-state index contributed by atoms with van der Waals surface area (Å²) in [5.74, 6) is 0.254. The van der Waals surface area contributed by atoms with Gasteiger partial charge in [-0.2, -0.15) is 0 Å². The summed E-state index contributed by atoms with van der Waals surface area (Å²) in [7, 11) is -2.15. The Morgan fingerprint density at radius 1 is 1.21 bits per heavy atom. The van der Waals surface area contributed by atoms with E-state index in [-0.39, 0.29) is 6.04 Å². The second-order valence-corrected chi connectivity index (χ2v) is 8.73. The maximum absolute atomic E-state index is 13.0. The number of anilines is 1. The van der Waals surface area contributed by atoms with Gasteiger partial charge in [0.2, 0.25) is 15.9 Å². The monoisotopic (exact) mass is 424 g/mol. The molecular formula is C20H25ClN2O4S. The summed E-state index contributed by atoms with van der Waals surface area (Å²) in [6, 6.07) is 12.5. The normalized spacial score (nSPS) is 13.5. The zero-order chi connectivity index (χ0) is 20.9. The molecular weight excluding hydrogens is 400 g/mol. The van der Waals surface area contributed by atoms with Crippen LogP contribution in [-0.2, 0) is 14.8 Å². The van der Waals surface area contributed by atoms with E-state index >= 15 is 0 Å². The first-order chi connectivity index (χ1) is 13.2. The molecule has 0 radical (unpaired) electrons. The van der Waals surface area contributed by atoms with Gasteiger partial charge >= 0.3 is 0 Å². The molecule has 0 aromatic heterocycles. The van der Waals surface area contributed by atoms with Crippen molar-refractivity contribution in [2.45, 2.75) is 32.4 Å². The van der Waals surface area contributed by atoms with E-state index in [9.17, 15) is 13.2 Å². The Morgan fingerprint density at radius 2 is 1.89 bits per heavy atom. The second-order valence-electron chi connectivity index (χ2n) is 6.43. The molecule has 0 heterocycles. The van der Waals surface area contributed by atoms with Crippen LogP contribution in [0.15, 0.2) is 48.5 Å². The van der Waals surface area contributed by atoms with Gasteiger partial charge in [-0.05, 0) is 37.6 Å². The number of nitrogens with zero attached hydrogens (tertiary/aromatic N) is 1. The largest absolute Gasteiger partial charge is 0.496 e. The molecule has 2 unspecified atom stereocenters. The van der Waals surface area contributed by atoms with Gasteiger partial charge in [-0.25, -0.2) is 8.42 Å². The number of benzene rings is 2. The number of carbonyl (C=O) groups excluding carboxylic acids is 1. The van der Waals surface area contributed by atoms with Crippen molar-refractivity contribution < 1.29 is 17.9 Å². The van der Waals surface area contributed by atoms with Crippen molar-refractivity contribution >= 4 is 33.2 Å². The lowest BCUT2D eigenvalue weighted by Gasteiger charge is -2.31. The van der Waals surface area contributed by atoms with Crippen LogP contribution in [0.1, 0.15) is 31.9 Å². The molecule has 152 valence electrons. The van der Waals surface area contributed by atoms with E-state index in [4.69, 9.17) is 16.3 Å². The highest BCUT2D eigenvalue weighted by Gasteiger charge is 2.32. The van der Waals surface area contributed by atoms with Crippen LogP contribution in [0.4, 0.5) is 5.69 Å². The van der Waals surface area contributed by atoms with E-state index in [0.717, 1.165) is 16.1 Å². The summed E-state index contributed by atoms with van der Waals surface area (Å²) in [6.45, 7) is 3.59. The summed E-state index contributed by atoms with van der Waals surface area (Å²) in [4.78, 5) is 13.0. The quantitative estimate of drug-likeness (QED) is 0.699. The smallest absolute Gasteiger partial charge is 0.244 e. The van der Waals surface area contributed by atoms with Gasteiger partial charge in [0.1, 0.15) is 11.8 Å². The zero-order valence-corrected chi connectivity index (χ0v) is 17.9. The topological polar surface area (TPSA) is 75.7 Å². The van der Waals surface area contributed by atoms with E-state index < -0.39 is 22.0 Å².